The third-order valence-corrected chi connectivity index (χ3v) is 1.86. The van der Waals surface area contributed by atoms with Gasteiger partial charge in [0.05, 0.1) is 11.6 Å². The highest BCUT2D eigenvalue weighted by molar-refractivity contribution is 5.87. The fraction of sp³-hybridized carbons (Fsp3) is 0.286. The van der Waals surface area contributed by atoms with Crippen LogP contribution in [-0.2, 0) is 9.53 Å². The minimum absolute atomic E-state index is 0.373. The van der Waals surface area contributed by atoms with Crippen LogP contribution in [0.15, 0.2) is 30.3 Å². The summed E-state index contributed by atoms with van der Waals surface area (Å²) in [4.78, 5) is 11.4. The van der Waals surface area contributed by atoms with E-state index in [0.717, 1.165) is 5.56 Å². The lowest BCUT2D eigenvalue weighted by Crippen LogP contribution is -2.22. The molecule has 0 N–H and O–H groups in total. The van der Waals surface area contributed by atoms with Crippen molar-refractivity contribution in [2.24, 2.45) is 0 Å². The summed E-state index contributed by atoms with van der Waals surface area (Å²) in [6.07, 6.45) is 3.04. The molecular formula is C14H15NO2. The van der Waals surface area contributed by atoms with Gasteiger partial charge >= 0.3 is 5.97 Å². The molecule has 3 heteroatoms. The van der Waals surface area contributed by atoms with Crippen LogP contribution in [-0.4, -0.2) is 11.6 Å². The van der Waals surface area contributed by atoms with E-state index < -0.39 is 5.60 Å². The average Bonchev–Trinajstić information content (AvgIpc) is 2.25. The number of carbonyl (C=O) groups is 1. The first-order valence-electron chi connectivity index (χ1n) is 5.32. The summed E-state index contributed by atoms with van der Waals surface area (Å²) in [5.74, 6) is -0.373. The fourth-order valence-electron chi connectivity index (χ4n) is 1.17. The molecule has 1 aromatic rings. The molecule has 0 amide bonds. The second-order valence-electron chi connectivity index (χ2n) is 4.60. The monoisotopic (exact) mass is 229 g/mol. The number of rotatable bonds is 2. The fourth-order valence-corrected chi connectivity index (χ4v) is 1.17. The Labute approximate surface area is 101 Å². The Bertz CT molecular complexity index is 458. The Balaban J connectivity index is 2.65. The normalized spacial score (nSPS) is 11.2. The van der Waals surface area contributed by atoms with Gasteiger partial charge in [-0.3, -0.25) is 0 Å². The number of hydrogen-bond acceptors (Lipinski definition) is 3. The number of nitriles is 1. The van der Waals surface area contributed by atoms with Gasteiger partial charge in [0.15, 0.2) is 0 Å². The second-order valence-corrected chi connectivity index (χ2v) is 4.60. The van der Waals surface area contributed by atoms with E-state index in [0.29, 0.717) is 5.56 Å². The molecule has 1 aromatic carbocycles. The molecule has 0 heterocycles. The Morgan fingerprint density at radius 2 is 1.88 bits per heavy atom. The highest BCUT2D eigenvalue weighted by Crippen LogP contribution is 2.09. The molecule has 0 aliphatic heterocycles. The largest absolute Gasteiger partial charge is 0.457 e. The lowest BCUT2D eigenvalue weighted by Gasteiger charge is -2.17. The first-order valence-corrected chi connectivity index (χ1v) is 5.32. The molecule has 0 aliphatic carbocycles. The quantitative estimate of drug-likeness (QED) is 0.578. The van der Waals surface area contributed by atoms with Crippen LogP contribution >= 0.6 is 0 Å². The van der Waals surface area contributed by atoms with E-state index in [-0.39, 0.29) is 5.97 Å². The number of benzene rings is 1. The van der Waals surface area contributed by atoms with Gasteiger partial charge in [0.1, 0.15) is 5.60 Å². The van der Waals surface area contributed by atoms with Gasteiger partial charge in [0.2, 0.25) is 0 Å². The standard InChI is InChI=1S/C14H15NO2/c1-14(2,3)17-13(16)9-8-11-4-6-12(10-15)7-5-11/h4-9H,1-3H3. The third-order valence-electron chi connectivity index (χ3n) is 1.86. The number of hydrogen-bond donors (Lipinski definition) is 0. The maximum atomic E-state index is 11.4. The van der Waals surface area contributed by atoms with Crippen molar-refractivity contribution >= 4 is 12.0 Å². The van der Waals surface area contributed by atoms with Crippen LogP contribution in [0.25, 0.3) is 6.08 Å². The summed E-state index contributed by atoms with van der Waals surface area (Å²) in [7, 11) is 0. The maximum Gasteiger partial charge on any atom is 0.331 e. The first-order chi connectivity index (χ1) is 7.90. The summed E-state index contributed by atoms with van der Waals surface area (Å²) in [5, 5.41) is 8.63. The van der Waals surface area contributed by atoms with Gasteiger partial charge in [-0.15, -0.1) is 0 Å². The Morgan fingerprint density at radius 1 is 1.29 bits per heavy atom. The molecule has 88 valence electrons. The average molecular weight is 229 g/mol. The van der Waals surface area contributed by atoms with Gasteiger partial charge in [0, 0.05) is 6.08 Å². The second kappa shape index (κ2) is 5.31. The minimum atomic E-state index is -0.480. The summed E-state index contributed by atoms with van der Waals surface area (Å²) in [6, 6.07) is 9.00. The van der Waals surface area contributed by atoms with Gasteiger partial charge in [-0.05, 0) is 44.5 Å². The van der Waals surface area contributed by atoms with Crippen molar-refractivity contribution in [3.63, 3.8) is 0 Å². The predicted molar refractivity (Wildman–Crippen MR) is 66.0 cm³/mol. The van der Waals surface area contributed by atoms with Crippen molar-refractivity contribution in [3.8, 4) is 6.07 Å². The van der Waals surface area contributed by atoms with Crippen LogP contribution in [0.2, 0.25) is 0 Å². The van der Waals surface area contributed by atoms with E-state index in [4.69, 9.17) is 10.00 Å². The maximum absolute atomic E-state index is 11.4. The molecule has 0 bridgehead atoms. The van der Waals surface area contributed by atoms with Crippen LogP contribution < -0.4 is 0 Å². The zero-order valence-corrected chi connectivity index (χ0v) is 10.2. The molecule has 0 saturated carbocycles. The minimum Gasteiger partial charge on any atom is -0.457 e. The highest BCUT2D eigenvalue weighted by atomic mass is 16.6. The molecule has 3 nitrogen and oxygen atoms in total. The smallest absolute Gasteiger partial charge is 0.331 e. The van der Waals surface area contributed by atoms with Crippen molar-refractivity contribution < 1.29 is 9.53 Å². The molecule has 0 aromatic heterocycles. The molecule has 0 aliphatic rings. The highest BCUT2D eigenvalue weighted by Gasteiger charge is 2.13. The van der Waals surface area contributed by atoms with Crippen LogP contribution in [0.4, 0.5) is 0 Å². The molecule has 0 saturated heterocycles. The van der Waals surface area contributed by atoms with Crippen LogP contribution in [0.3, 0.4) is 0 Å². The Kier molecular flexibility index (Phi) is 4.06. The van der Waals surface area contributed by atoms with E-state index in [2.05, 4.69) is 0 Å². The number of carbonyl (C=O) groups excluding carboxylic acids is 1. The summed E-state index contributed by atoms with van der Waals surface area (Å²) >= 11 is 0. The van der Waals surface area contributed by atoms with Crippen LogP contribution in [0.1, 0.15) is 31.9 Å². The topological polar surface area (TPSA) is 50.1 Å². The molecule has 17 heavy (non-hydrogen) atoms. The van der Waals surface area contributed by atoms with Gasteiger partial charge in [0.25, 0.3) is 0 Å². The number of ether oxygens (including phenoxy) is 1. The van der Waals surface area contributed by atoms with Crippen molar-refractivity contribution in [1.29, 1.82) is 5.26 Å². The number of esters is 1. The molecule has 1 rings (SSSR count). The van der Waals surface area contributed by atoms with Gasteiger partial charge in [-0.1, -0.05) is 12.1 Å². The van der Waals surface area contributed by atoms with Crippen molar-refractivity contribution in [2.75, 3.05) is 0 Å². The molecule has 0 unspecified atom stereocenters. The van der Waals surface area contributed by atoms with E-state index in [1.54, 1.807) is 30.3 Å². The SMILES string of the molecule is CC(C)(C)OC(=O)C=Cc1ccc(C#N)cc1. The molecular weight excluding hydrogens is 214 g/mol. The number of nitrogens with zero attached hydrogens (tertiary/aromatic N) is 1. The van der Waals surface area contributed by atoms with E-state index in [1.165, 1.54) is 6.08 Å². The first kappa shape index (κ1) is 13.0. The molecule has 0 radical (unpaired) electrons. The molecule has 0 fully saturated rings. The lowest BCUT2D eigenvalue weighted by atomic mass is 10.1. The van der Waals surface area contributed by atoms with Crippen LogP contribution in [0, 0.1) is 11.3 Å². The lowest BCUT2D eigenvalue weighted by molar-refractivity contribution is -0.148. The zero-order chi connectivity index (χ0) is 12.9. The van der Waals surface area contributed by atoms with E-state index in [1.807, 2.05) is 26.8 Å². The van der Waals surface area contributed by atoms with Crippen LogP contribution in [0.5, 0.6) is 0 Å². The zero-order valence-electron chi connectivity index (χ0n) is 10.2. The Hall–Kier alpha value is -2.08. The van der Waals surface area contributed by atoms with Crippen molar-refractivity contribution in [3.05, 3.63) is 41.5 Å². The van der Waals surface area contributed by atoms with Crippen molar-refractivity contribution in [2.45, 2.75) is 26.4 Å². The Morgan fingerprint density at radius 3 is 2.35 bits per heavy atom. The van der Waals surface area contributed by atoms with E-state index >= 15 is 0 Å². The van der Waals surface area contributed by atoms with Crippen molar-refractivity contribution in [1.82, 2.24) is 0 Å². The van der Waals surface area contributed by atoms with Gasteiger partial charge < -0.3 is 4.74 Å². The summed E-state index contributed by atoms with van der Waals surface area (Å²) in [5.41, 5.74) is 0.973. The predicted octanol–water partition coefficient (Wildman–Crippen LogP) is 2.91. The van der Waals surface area contributed by atoms with Gasteiger partial charge in [-0.25, -0.2) is 4.79 Å². The van der Waals surface area contributed by atoms with Gasteiger partial charge in [-0.2, -0.15) is 5.26 Å². The third kappa shape index (κ3) is 4.98. The summed E-state index contributed by atoms with van der Waals surface area (Å²) in [6.45, 7) is 5.46. The molecule has 0 spiro atoms. The molecule has 0 atom stereocenters. The van der Waals surface area contributed by atoms with E-state index in [9.17, 15) is 4.79 Å². The summed E-state index contributed by atoms with van der Waals surface area (Å²) < 4.78 is 5.13.